The van der Waals surface area contributed by atoms with E-state index in [0.717, 1.165) is 15.6 Å². The summed E-state index contributed by atoms with van der Waals surface area (Å²) in [6, 6.07) is 17.8. The van der Waals surface area contributed by atoms with E-state index in [1.54, 1.807) is 19.0 Å². The molecular weight excluding hydrogens is 364 g/mol. The van der Waals surface area contributed by atoms with Gasteiger partial charge in [0.05, 0.1) is 0 Å². The van der Waals surface area contributed by atoms with Crippen LogP contribution >= 0.6 is 23.1 Å². The van der Waals surface area contributed by atoms with Crippen LogP contribution in [-0.2, 0) is 4.79 Å². The average molecular weight is 385 g/mol. The van der Waals surface area contributed by atoms with Crippen LogP contribution in [-0.4, -0.2) is 35.1 Å². The third kappa shape index (κ3) is 4.62. The molecule has 7 heteroatoms. The second-order valence-electron chi connectivity index (χ2n) is 6.01. The maximum atomic E-state index is 12.6. The Morgan fingerprint density at radius 3 is 2.42 bits per heavy atom. The number of hydrogen-bond acceptors (Lipinski definition) is 6. The molecule has 26 heavy (non-hydrogen) atoms. The molecule has 0 saturated heterocycles. The molecule has 0 aliphatic carbocycles. The van der Waals surface area contributed by atoms with Gasteiger partial charge >= 0.3 is 0 Å². The summed E-state index contributed by atoms with van der Waals surface area (Å²) in [4.78, 5) is 14.2. The van der Waals surface area contributed by atoms with Crippen molar-refractivity contribution in [3.8, 4) is 0 Å². The van der Waals surface area contributed by atoms with Crippen molar-refractivity contribution in [3.05, 3.63) is 65.7 Å². The van der Waals surface area contributed by atoms with E-state index in [2.05, 4.69) is 22.4 Å². The van der Waals surface area contributed by atoms with Crippen LogP contribution in [0.2, 0.25) is 0 Å². The van der Waals surface area contributed by atoms with E-state index in [9.17, 15) is 4.79 Å². The minimum Gasteiger partial charge on any atom is -0.348 e. The fraction of sp³-hybridized carbons (Fsp3) is 0.211. The number of anilines is 2. The molecule has 0 unspecified atom stereocenters. The number of aromatic nitrogens is 2. The van der Waals surface area contributed by atoms with Gasteiger partial charge in [-0.3, -0.25) is 4.79 Å². The molecule has 0 bridgehead atoms. The van der Waals surface area contributed by atoms with Gasteiger partial charge in [0, 0.05) is 19.8 Å². The van der Waals surface area contributed by atoms with Crippen molar-refractivity contribution in [1.82, 2.24) is 15.1 Å². The maximum absolute atomic E-state index is 12.6. The zero-order valence-electron chi connectivity index (χ0n) is 14.8. The molecule has 1 aromatic heterocycles. The van der Waals surface area contributed by atoms with Crippen LogP contribution in [0.25, 0.3) is 0 Å². The van der Waals surface area contributed by atoms with E-state index in [1.807, 2.05) is 54.6 Å². The van der Waals surface area contributed by atoms with E-state index in [-0.39, 0.29) is 11.2 Å². The molecule has 1 atom stereocenters. The fourth-order valence-corrected chi connectivity index (χ4v) is 4.40. The smallest absolute Gasteiger partial charge is 0.240 e. The molecule has 3 aromatic rings. The summed E-state index contributed by atoms with van der Waals surface area (Å²) in [5, 5.41) is 12.1. The van der Waals surface area contributed by atoms with Crippen LogP contribution in [0.1, 0.15) is 16.4 Å². The van der Waals surface area contributed by atoms with Crippen molar-refractivity contribution in [1.29, 1.82) is 0 Å². The van der Waals surface area contributed by atoms with Crippen LogP contribution in [0.5, 0.6) is 0 Å². The topological polar surface area (TPSA) is 58.1 Å². The van der Waals surface area contributed by atoms with Gasteiger partial charge in [0.15, 0.2) is 4.34 Å². The predicted molar refractivity (Wildman–Crippen MR) is 108 cm³/mol. The molecule has 0 radical (unpaired) electrons. The zero-order chi connectivity index (χ0) is 18.5. The van der Waals surface area contributed by atoms with Crippen molar-refractivity contribution in [3.63, 3.8) is 0 Å². The van der Waals surface area contributed by atoms with Gasteiger partial charge < -0.3 is 10.2 Å². The summed E-state index contributed by atoms with van der Waals surface area (Å²) in [5.74, 6) is 0.0319. The van der Waals surface area contributed by atoms with Gasteiger partial charge in [0.2, 0.25) is 11.0 Å². The number of benzene rings is 2. The van der Waals surface area contributed by atoms with Gasteiger partial charge in [-0.15, -0.1) is 10.2 Å². The van der Waals surface area contributed by atoms with Gasteiger partial charge in [-0.25, -0.2) is 0 Å². The van der Waals surface area contributed by atoms with E-state index < -0.39 is 0 Å². The summed E-state index contributed by atoms with van der Waals surface area (Å²) in [7, 11) is 3.53. The van der Waals surface area contributed by atoms with Crippen LogP contribution in [0, 0.1) is 6.92 Å². The zero-order valence-corrected chi connectivity index (χ0v) is 16.5. The fourth-order valence-electron chi connectivity index (χ4n) is 2.29. The Bertz CT molecular complexity index is 863. The Morgan fingerprint density at radius 2 is 1.77 bits per heavy atom. The van der Waals surface area contributed by atoms with E-state index in [0.29, 0.717) is 5.13 Å². The molecule has 5 nitrogen and oxygen atoms in total. The SMILES string of the molecule is Cc1ccc(Nc2nnc(S[C@@H](C(=O)N(C)C)c3ccccc3)s2)cc1. The minimum atomic E-state index is -0.341. The molecule has 2 aromatic carbocycles. The molecule has 1 heterocycles. The highest BCUT2D eigenvalue weighted by molar-refractivity contribution is 8.01. The normalized spacial score (nSPS) is 11.8. The number of rotatable bonds is 6. The first kappa shape index (κ1) is 18.4. The maximum Gasteiger partial charge on any atom is 0.240 e. The molecular formula is C19H20N4OS2. The number of carbonyl (C=O) groups is 1. The van der Waals surface area contributed by atoms with Gasteiger partial charge in [-0.05, 0) is 24.6 Å². The van der Waals surface area contributed by atoms with Crippen LogP contribution in [0.4, 0.5) is 10.8 Å². The lowest BCUT2D eigenvalue weighted by Gasteiger charge is -2.19. The number of aryl methyl sites for hydroxylation is 1. The summed E-state index contributed by atoms with van der Waals surface area (Å²) >= 11 is 2.87. The third-order valence-corrected chi connectivity index (χ3v) is 5.86. The molecule has 0 fully saturated rings. The lowest BCUT2D eigenvalue weighted by Crippen LogP contribution is -2.26. The van der Waals surface area contributed by atoms with Crippen molar-refractivity contribution in [2.24, 2.45) is 0 Å². The summed E-state index contributed by atoms with van der Waals surface area (Å²) in [6.07, 6.45) is 0. The van der Waals surface area contributed by atoms with Gasteiger partial charge in [0.1, 0.15) is 5.25 Å². The Hall–Kier alpha value is -2.38. The first-order valence-electron chi connectivity index (χ1n) is 8.13. The van der Waals surface area contributed by atoms with Gasteiger partial charge in [0.25, 0.3) is 0 Å². The number of carbonyl (C=O) groups excluding carboxylic acids is 1. The largest absolute Gasteiger partial charge is 0.348 e. The molecule has 3 rings (SSSR count). The number of nitrogens with one attached hydrogen (secondary N) is 1. The number of amides is 1. The van der Waals surface area contributed by atoms with E-state index >= 15 is 0 Å². The molecule has 0 saturated carbocycles. The van der Waals surface area contributed by atoms with Crippen molar-refractivity contribution >= 4 is 39.8 Å². The first-order valence-corrected chi connectivity index (χ1v) is 9.82. The average Bonchev–Trinajstić information content (AvgIpc) is 3.09. The molecule has 0 aliphatic heterocycles. The van der Waals surface area contributed by atoms with E-state index in [4.69, 9.17) is 0 Å². The monoisotopic (exact) mass is 384 g/mol. The summed E-state index contributed by atoms with van der Waals surface area (Å²) in [6.45, 7) is 2.05. The summed E-state index contributed by atoms with van der Waals surface area (Å²) < 4.78 is 0.753. The Balaban J connectivity index is 1.76. The Labute approximate surface area is 161 Å². The highest BCUT2D eigenvalue weighted by Crippen LogP contribution is 2.39. The van der Waals surface area contributed by atoms with Crippen LogP contribution in [0.3, 0.4) is 0 Å². The predicted octanol–water partition coefficient (Wildman–Crippen LogP) is 4.51. The molecule has 0 spiro atoms. The van der Waals surface area contributed by atoms with Crippen LogP contribution in [0.15, 0.2) is 58.9 Å². The Morgan fingerprint density at radius 1 is 1.08 bits per heavy atom. The highest BCUT2D eigenvalue weighted by atomic mass is 32.2. The van der Waals surface area contributed by atoms with Crippen LogP contribution < -0.4 is 5.32 Å². The second-order valence-corrected chi connectivity index (χ2v) is 8.34. The molecule has 1 N–H and O–H groups in total. The molecule has 1 amide bonds. The second kappa shape index (κ2) is 8.33. The quantitative estimate of drug-likeness (QED) is 0.634. The van der Waals surface area contributed by atoms with Gasteiger partial charge in [-0.2, -0.15) is 0 Å². The van der Waals surface area contributed by atoms with Crippen molar-refractivity contribution in [2.45, 2.75) is 16.5 Å². The lowest BCUT2D eigenvalue weighted by atomic mass is 10.1. The highest BCUT2D eigenvalue weighted by Gasteiger charge is 2.25. The molecule has 134 valence electrons. The first-order chi connectivity index (χ1) is 12.5. The lowest BCUT2D eigenvalue weighted by molar-refractivity contribution is -0.128. The third-order valence-electron chi connectivity index (χ3n) is 3.70. The number of nitrogens with zero attached hydrogens (tertiary/aromatic N) is 3. The van der Waals surface area contributed by atoms with Crippen molar-refractivity contribution < 1.29 is 4.79 Å². The van der Waals surface area contributed by atoms with Crippen molar-refractivity contribution in [2.75, 3.05) is 19.4 Å². The Kier molecular flexibility index (Phi) is 5.90. The number of thioether (sulfide) groups is 1. The summed E-state index contributed by atoms with van der Waals surface area (Å²) in [5.41, 5.74) is 3.13. The standard InChI is InChI=1S/C19H20N4OS2/c1-13-9-11-15(12-10-13)20-18-21-22-19(26-18)25-16(17(24)23(2)3)14-7-5-4-6-8-14/h4-12,16H,1-3H3,(H,20,21)/t16-/m1/s1. The number of hydrogen-bond donors (Lipinski definition) is 1. The number of likely N-dealkylation sites (N-methyl/N-ethyl adjacent to an activating group) is 1. The van der Waals surface area contributed by atoms with Gasteiger partial charge in [-0.1, -0.05) is 71.1 Å². The molecule has 0 aliphatic rings. The van der Waals surface area contributed by atoms with E-state index in [1.165, 1.54) is 28.7 Å². The minimum absolute atomic E-state index is 0.0319.